The second kappa shape index (κ2) is 8.82. The lowest BCUT2D eigenvalue weighted by Gasteiger charge is -2.17. The fourth-order valence-electron chi connectivity index (χ4n) is 2.32. The highest BCUT2D eigenvalue weighted by molar-refractivity contribution is 5.95. The number of rotatable bonds is 9. The molecule has 0 fully saturated rings. The Morgan fingerprint density at radius 3 is 2.38 bits per heavy atom. The van der Waals surface area contributed by atoms with Gasteiger partial charge in [-0.2, -0.15) is 0 Å². The van der Waals surface area contributed by atoms with E-state index in [2.05, 4.69) is 6.58 Å². The Hall–Kier alpha value is -2.69. The molecule has 5 heteroatoms. The van der Waals surface area contributed by atoms with Gasteiger partial charge in [0.15, 0.2) is 11.5 Å². The lowest BCUT2D eigenvalue weighted by molar-refractivity contribution is -0.138. The third-order valence-electron chi connectivity index (χ3n) is 3.26. The van der Waals surface area contributed by atoms with Crippen LogP contribution in [0.15, 0.2) is 43.0 Å². The van der Waals surface area contributed by atoms with Crippen LogP contribution in [-0.2, 0) is 9.53 Å². The number of esters is 1. The minimum absolute atomic E-state index is 0.132. The molecule has 0 aliphatic carbocycles. The second-order valence-corrected chi connectivity index (χ2v) is 4.83. The van der Waals surface area contributed by atoms with Crippen molar-refractivity contribution in [1.29, 1.82) is 0 Å². The molecule has 5 nitrogen and oxygen atoms in total. The molecule has 0 aliphatic rings. The van der Waals surface area contributed by atoms with Gasteiger partial charge in [0.2, 0.25) is 0 Å². The van der Waals surface area contributed by atoms with Crippen molar-refractivity contribution in [2.45, 2.75) is 13.8 Å². The van der Waals surface area contributed by atoms with Crippen LogP contribution in [0.25, 0.3) is 10.8 Å². The first-order valence-electron chi connectivity index (χ1n) is 7.94. The number of benzene rings is 2. The molecule has 0 heterocycles. The van der Waals surface area contributed by atoms with E-state index in [1.54, 1.807) is 0 Å². The Kier molecular flexibility index (Phi) is 6.49. The first-order chi connectivity index (χ1) is 11.7. The number of ether oxygens (including phenoxy) is 4. The molecular formula is C19H22O5. The summed E-state index contributed by atoms with van der Waals surface area (Å²) in [4.78, 5) is 11.1. The van der Waals surface area contributed by atoms with Gasteiger partial charge in [-0.05, 0) is 13.8 Å². The molecule has 0 bridgehead atoms. The molecule has 24 heavy (non-hydrogen) atoms. The summed E-state index contributed by atoms with van der Waals surface area (Å²) in [7, 11) is 0. The number of hydrogen-bond donors (Lipinski definition) is 0. The summed E-state index contributed by atoms with van der Waals surface area (Å²) in [5, 5.41) is 1.89. The summed E-state index contributed by atoms with van der Waals surface area (Å²) in [5.74, 6) is 1.48. The van der Waals surface area contributed by atoms with E-state index in [1.807, 2.05) is 44.2 Å². The van der Waals surface area contributed by atoms with E-state index in [-0.39, 0.29) is 13.2 Å². The molecule has 0 radical (unpaired) electrons. The Labute approximate surface area is 141 Å². The van der Waals surface area contributed by atoms with Crippen molar-refractivity contribution in [3.8, 4) is 17.2 Å². The summed E-state index contributed by atoms with van der Waals surface area (Å²) >= 11 is 0. The molecule has 0 amide bonds. The van der Waals surface area contributed by atoms with Gasteiger partial charge < -0.3 is 18.9 Å². The molecule has 2 aromatic rings. The lowest BCUT2D eigenvalue weighted by Crippen LogP contribution is -2.11. The monoisotopic (exact) mass is 330 g/mol. The normalized spacial score (nSPS) is 10.2. The van der Waals surface area contributed by atoms with Gasteiger partial charge in [-0.1, -0.05) is 30.8 Å². The van der Waals surface area contributed by atoms with Crippen molar-refractivity contribution in [3.05, 3.63) is 43.0 Å². The molecule has 128 valence electrons. The van der Waals surface area contributed by atoms with Gasteiger partial charge >= 0.3 is 5.97 Å². The highest BCUT2D eigenvalue weighted by Gasteiger charge is 2.15. The molecule has 0 saturated carbocycles. The van der Waals surface area contributed by atoms with Crippen LogP contribution in [0.4, 0.5) is 0 Å². The number of carbonyl (C=O) groups excluding carboxylic acids is 1. The zero-order chi connectivity index (χ0) is 17.4. The highest BCUT2D eigenvalue weighted by atomic mass is 16.6. The van der Waals surface area contributed by atoms with Gasteiger partial charge in [-0.25, -0.2) is 4.79 Å². The van der Waals surface area contributed by atoms with Crippen LogP contribution in [0.5, 0.6) is 17.2 Å². The molecule has 0 N–H and O–H groups in total. The maximum Gasteiger partial charge on any atom is 0.330 e. The van der Waals surface area contributed by atoms with E-state index in [4.69, 9.17) is 18.9 Å². The molecule has 0 spiro atoms. The predicted octanol–water partition coefficient (Wildman–Crippen LogP) is 3.75. The Balaban J connectivity index is 2.30. The van der Waals surface area contributed by atoms with Gasteiger partial charge in [0.25, 0.3) is 0 Å². The quantitative estimate of drug-likeness (QED) is 0.398. The van der Waals surface area contributed by atoms with Gasteiger partial charge in [0, 0.05) is 22.9 Å². The summed E-state index contributed by atoms with van der Waals surface area (Å²) < 4.78 is 22.2. The van der Waals surface area contributed by atoms with Gasteiger partial charge in [-0.3, -0.25) is 0 Å². The number of hydrogen-bond acceptors (Lipinski definition) is 5. The molecule has 0 aromatic heterocycles. The molecule has 0 atom stereocenters. The third-order valence-corrected chi connectivity index (χ3v) is 3.26. The van der Waals surface area contributed by atoms with Crippen LogP contribution in [0.1, 0.15) is 13.8 Å². The molecule has 0 unspecified atom stereocenters. The average molecular weight is 330 g/mol. The van der Waals surface area contributed by atoms with E-state index >= 15 is 0 Å². The summed E-state index contributed by atoms with van der Waals surface area (Å²) in [5.41, 5.74) is 0. The lowest BCUT2D eigenvalue weighted by atomic mass is 10.1. The van der Waals surface area contributed by atoms with Crippen molar-refractivity contribution in [1.82, 2.24) is 0 Å². The van der Waals surface area contributed by atoms with E-state index in [1.165, 1.54) is 0 Å². The van der Waals surface area contributed by atoms with Gasteiger partial charge in [-0.15, -0.1) is 0 Å². The number of carbonyl (C=O) groups is 1. The van der Waals surface area contributed by atoms with Crippen LogP contribution in [0, 0.1) is 0 Å². The predicted molar refractivity (Wildman–Crippen MR) is 92.9 cm³/mol. The molecule has 0 aliphatic heterocycles. The van der Waals surface area contributed by atoms with Crippen molar-refractivity contribution < 1.29 is 23.7 Å². The maximum absolute atomic E-state index is 11.1. The summed E-state index contributed by atoms with van der Waals surface area (Å²) in [6, 6.07) is 9.66. The standard InChI is InChI=1S/C19H22O5/c1-4-18(20)24-12-11-23-17-13-16(21-5-2)14-9-7-8-10-15(14)19(17)22-6-3/h4,7-10,13H,1,5-6,11-12H2,2-3H3. The molecular weight excluding hydrogens is 308 g/mol. The summed E-state index contributed by atoms with van der Waals surface area (Å²) in [6.07, 6.45) is 1.12. The van der Waals surface area contributed by atoms with E-state index in [9.17, 15) is 4.79 Å². The Bertz CT molecular complexity index is 708. The van der Waals surface area contributed by atoms with Crippen molar-refractivity contribution in [3.63, 3.8) is 0 Å². The van der Waals surface area contributed by atoms with Crippen molar-refractivity contribution in [2.24, 2.45) is 0 Å². The largest absolute Gasteiger partial charge is 0.493 e. The minimum Gasteiger partial charge on any atom is -0.493 e. The SMILES string of the molecule is C=CC(=O)OCCOc1cc(OCC)c2ccccc2c1OCC. The van der Waals surface area contributed by atoms with Crippen molar-refractivity contribution >= 4 is 16.7 Å². The molecule has 2 rings (SSSR count). The average Bonchev–Trinajstić information content (AvgIpc) is 2.61. The second-order valence-electron chi connectivity index (χ2n) is 4.83. The molecule has 0 saturated heterocycles. The van der Waals surface area contributed by atoms with Crippen LogP contribution in [0.2, 0.25) is 0 Å². The maximum atomic E-state index is 11.1. The first-order valence-corrected chi connectivity index (χ1v) is 7.94. The van der Waals surface area contributed by atoms with E-state index in [0.717, 1.165) is 22.6 Å². The summed E-state index contributed by atoms with van der Waals surface area (Å²) in [6.45, 7) is 8.61. The van der Waals surface area contributed by atoms with Crippen molar-refractivity contribution in [2.75, 3.05) is 26.4 Å². The molecule has 2 aromatic carbocycles. The van der Waals surface area contributed by atoms with Crippen LogP contribution >= 0.6 is 0 Å². The van der Waals surface area contributed by atoms with Gasteiger partial charge in [0.05, 0.1) is 13.2 Å². The van der Waals surface area contributed by atoms with Crippen LogP contribution in [0.3, 0.4) is 0 Å². The first kappa shape index (κ1) is 17.7. The Morgan fingerprint density at radius 1 is 1.00 bits per heavy atom. The van der Waals surface area contributed by atoms with Gasteiger partial charge in [0.1, 0.15) is 19.0 Å². The Morgan fingerprint density at radius 2 is 1.71 bits per heavy atom. The fourth-order valence-corrected chi connectivity index (χ4v) is 2.32. The minimum atomic E-state index is -0.475. The topological polar surface area (TPSA) is 54.0 Å². The highest BCUT2D eigenvalue weighted by Crippen LogP contribution is 2.41. The fraction of sp³-hybridized carbons (Fsp3) is 0.316. The van der Waals surface area contributed by atoms with E-state index < -0.39 is 5.97 Å². The zero-order valence-corrected chi connectivity index (χ0v) is 14.0. The third kappa shape index (κ3) is 4.19. The smallest absolute Gasteiger partial charge is 0.330 e. The number of fused-ring (bicyclic) bond motifs is 1. The zero-order valence-electron chi connectivity index (χ0n) is 14.0. The van der Waals surface area contributed by atoms with Crippen LogP contribution in [-0.4, -0.2) is 32.4 Å². The van der Waals surface area contributed by atoms with E-state index in [0.29, 0.717) is 24.7 Å². The van der Waals surface area contributed by atoms with Crippen LogP contribution < -0.4 is 14.2 Å².